The average molecular weight is 381 g/mol. The molecule has 21 heavy (non-hydrogen) atoms. The Hall–Kier alpha value is -1.65. The van der Waals surface area contributed by atoms with E-state index in [4.69, 9.17) is 10.9 Å². The van der Waals surface area contributed by atoms with Gasteiger partial charge in [0.2, 0.25) is 0 Å². The van der Waals surface area contributed by atoms with Crippen LogP contribution in [0.5, 0.6) is 5.75 Å². The molecule has 1 aromatic rings. The number of hydrogen-bond acceptors (Lipinski definition) is 3. The summed E-state index contributed by atoms with van der Waals surface area (Å²) in [4.78, 5) is 0. The second-order valence-electron chi connectivity index (χ2n) is 3.71. The first kappa shape index (κ1) is 17.4. The number of amidine groups is 1. The van der Waals surface area contributed by atoms with Crippen molar-refractivity contribution in [3.05, 3.63) is 28.2 Å². The van der Waals surface area contributed by atoms with Crippen molar-refractivity contribution in [3.63, 3.8) is 0 Å². The van der Waals surface area contributed by atoms with Gasteiger partial charge in [-0.15, -0.1) is 0 Å². The van der Waals surface area contributed by atoms with Gasteiger partial charge in [-0.3, -0.25) is 0 Å². The molecule has 0 unspecified atom stereocenters. The highest BCUT2D eigenvalue weighted by Gasteiger charge is 2.59. The van der Waals surface area contributed by atoms with Crippen LogP contribution in [0.3, 0.4) is 0 Å². The molecular weight excluding hydrogens is 374 g/mol. The minimum absolute atomic E-state index is 0.148. The zero-order valence-corrected chi connectivity index (χ0v) is 11.4. The average Bonchev–Trinajstić information content (AvgIpc) is 2.32. The van der Waals surface area contributed by atoms with Crippen LogP contribution in [-0.2, 0) is 0 Å². The summed E-state index contributed by atoms with van der Waals surface area (Å²) >= 11 is 2.87. The van der Waals surface area contributed by atoms with Crippen molar-refractivity contribution in [1.29, 1.82) is 0 Å². The lowest BCUT2D eigenvalue weighted by atomic mass is 10.2. The molecule has 4 nitrogen and oxygen atoms in total. The van der Waals surface area contributed by atoms with Crippen LogP contribution in [0, 0.1) is 0 Å². The molecule has 0 saturated heterocycles. The van der Waals surface area contributed by atoms with Gasteiger partial charge < -0.3 is 15.7 Å². The van der Waals surface area contributed by atoms with Crippen molar-refractivity contribution in [2.45, 2.75) is 18.5 Å². The Morgan fingerprint density at radius 3 is 2.14 bits per heavy atom. The van der Waals surface area contributed by atoms with Crippen molar-refractivity contribution in [2.24, 2.45) is 10.9 Å². The molecule has 0 fully saturated rings. The molecule has 0 bridgehead atoms. The van der Waals surface area contributed by atoms with Crippen molar-refractivity contribution in [2.75, 3.05) is 0 Å². The van der Waals surface area contributed by atoms with E-state index in [1.165, 1.54) is 6.07 Å². The number of benzene rings is 1. The van der Waals surface area contributed by atoms with E-state index in [0.29, 0.717) is 0 Å². The van der Waals surface area contributed by atoms with Gasteiger partial charge in [-0.25, -0.2) is 0 Å². The summed E-state index contributed by atoms with van der Waals surface area (Å²) in [6.45, 7) is 0. The van der Waals surface area contributed by atoms with Crippen LogP contribution in [-0.4, -0.2) is 29.5 Å². The predicted molar refractivity (Wildman–Crippen MR) is 63.2 cm³/mol. The Bertz CT molecular complexity index is 529. The van der Waals surface area contributed by atoms with E-state index < -0.39 is 35.6 Å². The lowest BCUT2D eigenvalue weighted by molar-refractivity contribution is -0.299. The number of nitrogens with two attached hydrogens (primary N) is 1. The van der Waals surface area contributed by atoms with Gasteiger partial charge in [-0.1, -0.05) is 21.1 Å². The largest absolute Gasteiger partial charge is 0.471 e. The van der Waals surface area contributed by atoms with Crippen LogP contribution in [0.15, 0.2) is 27.8 Å². The molecule has 0 saturated carbocycles. The molecule has 11 heteroatoms. The Labute approximate surface area is 122 Å². The van der Waals surface area contributed by atoms with E-state index in [2.05, 4.69) is 25.8 Å². The van der Waals surface area contributed by atoms with E-state index in [0.717, 1.165) is 12.1 Å². The molecule has 0 aliphatic heterocycles. The number of oxime groups is 1. The molecule has 118 valence electrons. The molecule has 0 aliphatic carbocycles. The third kappa shape index (κ3) is 4.41. The fourth-order valence-corrected chi connectivity index (χ4v) is 1.65. The second kappa shape index (κ2) is 6.00. The quantitative estimate of drug-likeness (QED) is 0.277. The number of hydrogen-bond donors (Lipinski definition) is 2. The Morgan fingerprint density at radius 2 is 1.71 bits per heavy atom. The molecular formula is C10H7BrF6N2O2. The molecule has 0 radical (unpaired) electrons. The van der Waals surface area contributed by atoms with Crippen LogP contribution in [0.25, 0.3) is 0 Å². The highest BCUT2D eigenvalue weighted by molar-refractivity contribution is 9.10. The minimum Gasteiger partial charge on any atom is -0.471 e. The Kier molecular flexibility index (Phi) is 4.97. The summed E-state index contributed by atoms with van der Waals surface area (Å²) in [5.41, 5.74) is 4.76. The molecule has 1 rings (SSSR count). The number of ether oxygens (including phenoxy) is 1. The van der Waals surface area contributed by atoms with Gasteiger partial charge in [0, 0.05) is 4.47 Å². The van der Waals surface area contributed by atoms with E-state index in [1.807, 2.05) is 0 Å². The van der Waals surface area contributed by atoms with Crippen LogP contribution in [0.4, 0.5) is 26.3 Å². The summed E-state index contributed by atoms with van der Waals surface area (Å²) in [7, 11) is 0. The van der Waals surface area contributed by atoms with Gasteiger partial charge in [0.25, 0.3) is 6.10 Å². The summed E-state index contributed by atoms with van der Waals surface area (Å²) in [6, 6.07) is 3.16. The highest BCUT2D eigenvalue weighted by atomic mass is 79.9. The third-order valence-corrected chi connectivity index (χ3v) is 2.66. The zero-order valence-electron chi connectivity index (χ0n) is 9.84. The maximum absolute atomic E-state index is 12.4. The van der Waals surface area contributed by atoms with Crippen molar-refractivity contribution < 1.29 is 36.3 Å². The minimum atomic E-state index is -5.68. The first-order valence-corrected chi connectivity index (χ1v) is 5.83. The number of nitrogens with zero attached hydrogens (tertiary/aromatic N) is 1. The Balaban J connectivity index is 3.30. The van der Waals surface area contributed by atoms with Crippen LogP contribution >= 0.6 is 15.9 Å². The number of alkyl halides is 6. The van der Waals surface area contributed by atoms with Crippen LogP contribution in [0.1, 0.15) is 5.56 Å². The van der Waals surface area contributed by atoms with Crippen molar-refractivity contribution in [1.82, 2.24) is 0 Å². The molecule has 0 aliphatic rings. The third-order valence-electron chi connectivity index (χ3n) is 2.17. The smallest absolute Gasteiger partial charge is 0.434 e. The van der Waals surface area contributed by atoms with Crippen LogP contribution < -0.4 is 10.5 Å². The van der Waals surface area contributed by atoms with E-state index in [9.17, 15) is 26.3 Å². The molecule has 0 spiro atoms. The van der Waals surface area contributed by atoms with Gasteiger partial charge in [0.15, 0.2) is 5.84 Å². The SMILES string of the molecule is N/C(=N/O)c1ccc(Br)cc1OC(C(F)(F)F)C(F)(F)F. The summed E-state index contributed by atoms with van der Waals surface area (Å²) in [6.07, 6.45) is -15.4. The van der Waals surface area contributed by atoms with Crippen molar-refractivity contribution in [3.8, 4) is 5.75 Å². The number of rotatable bonds is 3. The first-order valence-electron chi connectivity index (χ1n) is 5.04. The first-order chi connectivity index (χ1) is 9.46. The Morgan fingerprint density at radius 1 is 1.19 bits per heavy atom. The molecule has 3 N–H and O–H groups in total. The fourth-order valence-electron chi connectivity index (χ4n) is 1.31. The normalized spacial score (nSPS) is 13.6. The molecule has 0 amide bonds. The molecule has 0 heterocycles. The number of halogens is 7. The fraction of sp³-hybridized carbons (Fsp3) is 0.300. The monoisotopic (exact) mass is 380 g/mol. The van der Waals surface area contributed by atoms with E-state index in [1.54, 1.807) is 0 Å². The molecule has 0 atom stereocenters. The summed E-state index contributed by atoms with van der Waals surface area (Å²) < 4.78 is 78.9. The molecule has 1 aromatic carbocycles. The summed E-state index contributed by atoms with van der Waals surface area (Å²) in [5.74, 6) is -1.53. The maximum atomic E-state index is 12.4. The summed E-state index contributed by atoms with van der Waals surface area (Å²) in [5, 5.41) is 11.0. The van der Waals surface area contributed by atoms with Gasteiger partial charge in [-0.05, 0) is 18.2 Å². The zero-order chi connectivity index (χ0) is 16.4. The van der Waals surface area contributed by atoms with E-state index in [-0.39, 0.29) is 4.47 Å². The van der Waals surface area contributed by atoms with Gasteiger partial charge >= 0.3 is 12.4 Å². The standard InChI is InChI=1S/C10H7BrF6N2O2/c11-4-1-2-5(7(18)19-20)6(3-4)21-8(9(12,13)14)10(15,16)17/h1-3,8,20H,(H2,18,19). The second-order valence-corrected chi connectivity index (χ2v) is 4.62. The predicted octanol–water partition coefficient (Wildman–Crippen LogP) is 3.42. The van der Waals surface area contributed by atoms with E-state index >= 15 is 0 Å². The lowest BCUT2D eigenvalue weighted by Crippen LogP contribution is -2.46. The highest BCUT2D eigenvalue weighted by Crippen LogP contribution is 2.37. The van der Waals surface area contributed by atoms with Crippen LogP contribution in [0.2, 0.25) is 0 Å². The van der Waals surface area contributed by atoms with Gasteiger partial charge in [-0.2, -0.15) is 26.3 Å². The van der Waals surface area contributed by atoms with Crippen molar-refractivity contribution >= 4 is 21.8 Å². The van der Waals surface area contributed by atoms with Gasteiger partial charge in [0.05, 0.1) is 5.56 Å². The topological polar surface area (TPSA) is 67.8 Å². The maximum Gasteiger partial charge on any atom is 0.434 e. The molecule has 0 aromatic heterocycles. The van der Waals surface area contributed by atoms with Gasteiger partial charge in [0.1, 0.15) is 5.75 Å². The lowest BCUT2D eigenvalue weighted by Gasteiger charge is -2.24.